The summed E-state index contributed by atoms with van der Waals surface area (Å²) in [6, 6.07) is 4.63. The Labute approximate surface area is 135 Å². The van der Waals surface area contributed by atoms with Gasteiger partial charge in [-0.3, -0.25) is 9.59 Å². The number of hydrogen-bond donors (Lipinski definition) is 1. The van der Waals surface area contributed by atoms with Gasteiger partial charge in [0.2, 0.25) is 5.91 Å². The van der Waals surface area contributed by atoms with E-state index in [1.807, 2.05) is 0 Å². The van der Waals surface area contributed by atoms with Gasteiger partial charge in [0.25, 0.3) is 0 Å². The molecule has 0 bridgehead atoms. The second-order valence-electron chi connectivity index (χ2n) is 5.45. The summed E-state index contributed by atoms with van der Waals surface area (Å²) in [4.78, 5) is 23.0. The van der Waals surface area contributed by atoms with Crippen LogP contribution in [0.3, 0.4) is 0 Å². The monoisotopic (exact) mass is 349 g/mol. The van der Waals surface area contributed by atoms with Crippen LogP contribution in [0.4, 0.5) is 13.2 Å². The molecule has 0 spiro atoms. The number of carbonyl (C=O) groups excluding carboxylic acids is 2. The molecule has 1 saturated heterocycles. The van der Waals surface area contributed by atoms with E-state index in [-0.39, 0.29) is 25.4 Å². The molecule has 1 aromatic rings. The van der Waals surface area contributed by atoms with Crippen molar-refractivity contribution in [2.45, 2.75) is 31.5 Å². The highest BCUT2D eigenvalue weighted by atomic mass is 35.5. The van der Waals surface area contributed by atoms with Crippen LogP contribution in [0.1, 0.15) is 30.9 Å². The fraction of sp³-hybridized carbons (Fsp3) is 0.467. The van der Waals surface area contributed by atoms with Gasteiger partial charge in [0.05, 0.1) is 25.5 Å². The lowest BCUT2D eigenvalue weighted by molar-refractivity contribution is -0.143. The third-order valence-electron chi connectivity index (χ3n) is 3.45. The maximum atomic E-state index is 12.7. The zero-order valence-electron chi connectivity index (χ0n) is 12.0. The molecule has 1 N–H and O–H groups in total. The van der Waals surface area contributed by atoms with Gasteiger partial charge >= 0.3 is 12.1 Å². The van der Waals surface area contributed by atoms with Crippen molar-refractivity contribution in [3.8, 4) is 0 Å². The lowest BCUT2D eigenvalue weighted by Gasteiger charge is -2.21. The maximum Gasteiger partial charge on any atom is 0.391 e. The Morgan fingerprint density at radius 1 is 1.35 bits per heavy atom. The first-order valence-corrected chi connectivity index (χ1v) is 7.38. The first-order chi connectivity index (χ1) is 10.7. The van der Waals surface area contributed by atoms with Gasteiger partial charge in [0, 0.05) is 17.4 Å². The lowest BCUT2D eigenvalue weighted by Crippen LogP contribution is -2.33. The van der Waals surface area contributed by atoms with Crippen molar-refractivity contribution in [1.82, 2.24) is 5.32 Å². The molecule has 0 saturated carbocycles. The quantitative estimate of drug-likeness (QED) is 0.829. The number of halogens is 4. The van der Waals surface area contributed by atoms with Crippen LogP contribution in [0.15, 0.2) is 24.3 Å². The topological polar surface area (TPSA) is 55.4 Å². The third-order valence-corrected chi connectivity index (χ3v) is 3.70. The van der Waals surface area contributed by atoms with Gasteiger partial charge < -0.3 is 10.1 Å². The summed E-state index contributed by atoms with van der Waals surface area (Å²) in [5, 5.41) is 2.78. The predicted molar refractivity (Wildman–Crippen MR) is 76.7 cm³/mol. The largest absolute Gasteiger partial charge is 0.465 e. The van der Waals surface area contributed by atoms with E-state index in [2.05, 4.69) is 5.32 Å². The number of benzene rings is 1. The molecule has 126 valence electrons. The molecule has 1 aliphatic rings. The number of cyclic esters (lactones) is 1. The normalized spacial score (nSPS) is 19.3. The Morgan fingerprint density at radius 2 is 2.00 bits per heavy atom. The molecule has 1 aliphatic heterocycles. The van der Waals surface area contributed by atoms with Crippen molar-refractivity contribution in [2.24, 2.45) is 5.92 Å². The molecule has 1 amide bonds. The Hall–Kier alpha value is -1.76. The van der Waals surface area contributed by atoms with E-state index in [4.69, 9.17) is 16.3 Å². The van der Waals surface area contributed by atoms with E-state index in [9.17, 15) is 22.8 Å². The van der Waals surface area contributed by atoms with Crippen molar-refractivity contribution in [1.29, 1.82) is 0 Å². The molecule has 8 heteroatoms. The van der Waals surface area contributed by atoms with Gasteiger partial charge in [-0.2, -0.15) is 13.2 Å². The molecular formula is C15H15ClF3NO3. The highest BCUT2D eigenvalue weighted by Crippen LogP contribution is 2.30. The molecule has 1 heterocycles. The molecule has 0 unspecified atom stereocenters. The smallest absolute Gasteiger partial charge is 0.391 e. The molecule has 0 aliphatic carbocycles. The van der Waals surface area contributed by atoms with Crippen LogP contribution in [0.25, 0.3) is 0 Å². The number of carbonyl (C=O) groups is 2. The minimum Gasteiger partial charge on any atom is -0.465 e. The summed E-state index contributed by atoms with van der Waals surface area (Å²) in [7, 11) is 0. The number of hydrogen-bond acceptors (Lipinski definition) is 3. The van der Waals surface area contributed by atoms with Crippen LogP contribution in [-0.4, -0.2) is 24.7 Å². The zero-order valence-corrected chi connectivity index (χ0v) is 12.8. The summed E-state index contributed by atoms with van der Waals surface area (Å²) in [5.41, 5.74) is 0.318. The van der Waals surface area contributed by atoms with Crippen molar-refractivity contribution < 1.29 is 27.5 Å². The Morgan fingerprint density at radius 3 is 2.52 bits per heavy atom. The fourth-order valence-electron chi connectivity index (χ4n) is 2.39. The number of ether oxygens (including phenoxy) is 1. The maximum absolute atomic E-state index is 12.7. The molecule has 0 radical (unpaired) electrons. The first-order valence-electron chi connectivity index (χ1n) is 7.00. The van der Waals surface area contributed by atoms with Gasteiger partial charge in [-0.05, 0) is 17.7 Å². The van der Waals surface area contributed by atoms with Crippen LogP contribution >= 0.6 is 11.6 Å². The van der Waals surface area contributed by atoms with E-state index < -0.39 is 30.5 Å². The number of alkyl halides is 3. The molecule has 2 atom stereocenters. The van der Waals surface area contributed by atoms with Crippen molar-refractivity contribution in [2.75, 3.05) is 6.61 Å². The zero-order chi connectivity index (χ0) is 17.0. The van der Waals surface area contributed by atoms with Gasteiger partial charge in [-0.25, -0.2) is 0 Å². The van der Waals surface area contributed by atoms with Gasteiger partial charge in [-0.1, -0.05) is 23.7 Å². The average Bonchev–Trinajstić information content (AvgIpc) is 2.82. The second kappa shape index (κ2) is 7.21. The molecule has 2 rings (SSSR count). The molecule has 1 fully saturated rings. The Bertz CT molecular complexity index is 574. The van der Waals surface area contributed by atoms with E-state index in [0.29, 0.717) is 10.6 Å². The van der Waals surface area contributed by atoms with E-state index in [1.165, 1.54) is 24.3 Å². The molecule has 1 aromatic carbocycles. The van der Waals surface area contributed by atoms with Gasteiger partial charge in [-0.15, -0.1) is 0 Å². The second-order valence-corrected chi connectivity index (χ2v) is 5.88. The minimum atomic E-state index is -4.43. The summed E-state index contributed by atoms with van der Waals surface area (Å²) in [6.07, 6.45) is -5.55. The third kappa shape index (κ3) is 5.74. The van der Waals surface area contributed by atoms with Crippen LogP contribution in [0.2, 0.25) is 5.02 Å². The van der Waals surface area contributed by atoms with Crippen LogP contribution in [0.5, 0.6) is 0 Å². The lowest BCUT2D eigenvalue weighted by atomic mass is 10.0. The molecule has 4 nitrogen and oxygen atoms in total. The number of amides is 1. The van der Waals surface area contributed by atoms with Crippen LogP contribution < -0.4 is 5.32 Å². The Balaban J connectivity index is 2.03. The number of rotatable bonds is 5. The number of nitrogens with one attached hydrogen (secondary N) is 1. The summed E-state index contributed by atoms with van der Waals surface area (Å²) < 4.78 is 42.9. The minimum absolute atomic E-state index is 0.0479. The summed E-state index contributed by atoms with van der Waals surface area (Å²) >= 11 is 5.73. The number of esters is 1. The van der Waals surface area contributed by atoms with Gasteiger partial charge in [0.15, 0.2) is 0 Å². The molecular weight excluding hydrogens is 335 g/mol. The van der Waals surface area contributed by atoms with Crippen LogP contribution in [0, 0.1) is 5.92 Å². The van der Waals surface area contributed by atoms with Crippen molar-refractivity contribution >= 4 is 23.5 Å². The highest BCUT2D eigenvalue weighted by molar-refractivity contribution is 6.30. The predicted octanol–water partition coefficient (Wildman–Crippen LogP) is 3.40. The van der Waals surface area contributed by atoms with E-state index >= 15 is 0 Å². The van der Waals surface area contributed by atoms with Crippen molar-refractivity contribution in [3.05, 3.63) is 34.9 Å². The SMILES string of the molecule is O=C(C[C@H]1COC(=O)C1)N[C@@H](CC(F)(F)F)c1ccc(Cl)cc1. The summed E-state index contributed by atoms with van der Waals surface area (Å²) in [6.45, 7) is 0.122. The molecule has 23 heavy (non-hydrogen) atoms. The average molecular weight is 350 g/mol. The highest BCUT2D eigenvalue weighted by Gasteiger charge is 2.34. The Kier molecular flexibility index (Phi) is 5.51. The van der Waals surface area contributed by atoms with Crippen molar-refractivity contribution in [3.63, 3.8) is 0 Å². The summed E-state index contributed by atoms with van der Waals surface area (Å²) in [5.74, 6) is -1.23. The standard InChI is InChI=1S/C15H15ClF3NO3/c16-11-3-1-10(2-4-11)12(7-15(17,18)19)20-13(21)5-9-6-14(22)23-8-9/h1-4,9,12H,5-8H2,(H,20,21)/t9-,12+/m1/s1. The van der Waals surface area contributed by atoms with Gasteiger partial charge in [0.1, 0.15) is 0 Å². The van der Waals surface area contributed by atoms with E-state index in [1.54, 1.807) is 0 Å². The first kappa shape index (κ1) is 17.6. The fourth-order valence-corrected chi connectivity index (χ4v) is 2.52. The van der Waals surface area contributed by atoms with Crippen LogP contribution in [-0.2, 0) is 14.3 Å². The van der Waals surface area contributed by atoms with E-state index in [0.717, 1.165) is 0 Å². The molecule has 0 aromatic heterocycles.